The molecule has 2 N–H and O–H groups in total. The summed E-state index contributed by atoms with van der Waals surface area (Å²) in [7, 11) is 0. The average molecular weight is 348 g/mol. The lowest BCUT2D eigenvalue weighted by atomic mass is 9.89. The normalized spacial score (nSPS) is 13.6. The summed E-state index contributed by atoms with van der Waals surface area (Å²) in [6.07, 6.45) is 0. The van der Waals surface area contributed by atoms with E-state index in [-0.39, 0.29) is 11.9 Å². The van der Waals surface area contributed by atoms with Gasteiger partial charge in [0.15, 0.2) is 0 Å². The minimum absolute atomic E-state index is 0.0228. The van der Waals surface area contributed by atoms with Crippen LogP contribution in [0.3, 0.4) is 0 Å². The maximum atomic E-state index is 13.2. The Balaban J connectivity index is 2.44. The second-order valence-corrected chi connectivity index (χ2v) is 6.70. The number of aliphatic hydroxyl groups is 1. The molecule has 3 nitrogen and oxygen atoms in total. The predicted octanol–water partition coefficient (Wildman–Crippen LogP) is 3.35. The molecule has 0 saturated heterocycles. The van der Waals surface area contributed by atoms with Gasteiger partial charge in [-0.25, -0.2) is 4.39 Å². The fraction of sp³-hybridized carbons (Fsp3) is 0.600. The maximum absolute atomic E-state index is 13.2. The Morgan fingerprint density at radius 2 is 2.00 bits per heavy atom. The number of ether oxygens (including phenoxy) is 1. The van der Waals surface area contributed by atoms with Crippen LogP contribution in [0, 0.1) is 11.7 Å². The number of benzene rings is 1. The number of nitrogens with one attached hydrogen (secondary N) is 1. The van der Waals surface area contributed by atoms with Crippen molar-refractivity contribution >= 4 is 15.9 Å². The summed E-state index contributed by atoms with van der Waals surface area (Å²) in [5, 5.41) is 13.4. The van der Waals surface area contributed by atoms with Crippen LogP contribution < -0.4 is 10.1 Å². The molecule has 0 bridgehead atoms. The molecule has 1 rings (SSSR count). The van der Waals surface area contributed by atoms with E-state index in [2.05, 4.69) is 35.1 Å². The highest BCUT2D eigenvalue weighted by Gasteiger charge is 2.28. The fourth-order valence-electron chi connectivity index (χ4n) is 2.30. The molecule has 20 heavy (non-hydrogen) atoms. The van der Waals surface area contributed by atoms with Gasteiger partial charge in [0.1, 0.15) is 18.2 Å². The van der Waals surface area contributed by atoms with Crippen molar-refractivity contribution in [1.82, 2.24) is 5.32 Å². The van der Waals surface area contributed by atoms with Crippen molar-refractivity contribution in [3.63, 3.8) is 0 Å². The van der Waals surface area contributed by atoms with Crippen LogP contribution in [0.2, 0.25) is 0 Å². The monoisotopic (exact) mass is 347 g/mol. The highest BCUT2D eigenvalue weighted by Crippen LogP contribution is 2.20. The van der Waals surface area contributed by atoms with Crippen LogP contribution >= 0.6 is 15.9 Å². The van der Waals surface area contributed by atoms with Crippen molar-refractivity contribution in [2.24, 2.45) is 5.92 Å². The average Bonchev–Trinajstić information content (AvgIpc) is 2.24. The summed E-state index contributed by atoms with van der Waals surface area (Å²) >= 11 is 3.22. The summed E-state index contributed by atoms with van der Waals surface area (Å²) < 4.78 is 19.3. The first-order chi connectivity index (χ1) is 9.20. The zero-order valence-corrected chi connectivity index (χ0v) is 14.0. The molecule has 1 aromatic rings. The largest absolute Gasteiger partial charge is 0.492 e. The van der Waals surface area contributed by atoms with Gasteiger partial charge in [-0.2, -0.15) is 0 Å². The van der Waals surface area contributed by atoms with Crippen LogP contribution in [0.15, 0.2) is 22.7 Å². The van der Waals surface area contributed by atoms with E-state index in [0.717, 1.165) is 0 Å². The van der Waals surface area contributed by atoms with Crippen molar-refractivity contribution < 1.29 is 14.2 Å². The molecule has 0 amide bonds. The maximum Gasteiger partial charge on any atom is 0.128 e. The van der Waals surface area contributed by atoms with Crippen molar-refractivity contribution in [1.29, 1.82) is 0 Å². The van der Waals surface area contributed by atoms with Gasteiger partial charge in [0.2, 0.25) is 0 Å². The van der Waals surface area contributed by atoms with E-state index >= 15 is 0 Å². The summed E-state index contributed by atoms with van der Waals surface area (Å²) in [4.78, 5) is 0. The molecule has 0 heterocycles. The molecule has 0 aliphatic carbocycles. The molecule has 0 radical (unpaired) electrons. The van der Waals surface area contributed by atoms with Crippen molar-refractivity contribution in [2.75, 3.05) is 13.2 Å². The standard InChI is InChI=1S/C15H23BrFNO2/c1-10(2)14(15(3,4)19)18-5-6-20-13-8-11(16)7-12(17)9-13/h7-10,14,18-19H,5-6H2,1-4H3/t14-/m0/s1. The van der Waals surface area contributed by atoms with Crippen LogP contribution in [-0.2, 0) is 0 Å². The highest BCUT2D eigenvalue weighted by molar-refractivity contribution is 9.10. The molecule has 1 atom stereocenters. The third-order valence-corrected chi connectivity index (χ3v) is 3.46. The molecule has 0 saturated carbocycles. The predicted molar refractivity (Wildman–Crippen MR) is 82.5 cm³/mol. The SMILES string of the molecule is CC(C)[C@H](NCCOc1cc(F)cc(Br)c1)C(C)(C)O. The Morgan fingerprint density at radius 3 is 2.50 bits per heavy atom. The van der Waals surface area contributed by atoms with Crippen LogP contribution in [0.4, 0.5) is 4.39 Å². The second kappa shape index (κ2) is 7.38. The zero-order valence-electron chi connectivity index (χ0n) is 12.4. The van der Waals surface area contributed by atoms with Gasteiger partial charge in [-0.15, -0.1) is 0 Å². The fourth-order valence-corrected chi connectivity index (χ4v) is 2.74. The highest BCUT2D eigenvalue weighted by atomic mass is 79.9. The number of halogens is 2. The van der Waals surface area contributed by atoms with Gasteiger partial charge < -0.3 is 15.2 Å². The van der Waals surface area contributed by atoms with Crippen LogP contribution in [-0.4, -0.2) is 29.9 Å². The lowest BCUT2D eigenvalue weighted by Gasteiger charge is -2.33. The topological polar surface area (TPSA) is 41.5 Å². The van der Waals surface area contributed by atoms with E-state index in [4.69, 9.17) is 4.74 Å². The van der Waals surface area contributed by atoms with Crippen molar-refractivity contribution in [3.05, 3.63) is 28.5 Å². The number of hydrogen-bond donors (Lipinski definition) is 2. The van der Waals surface area contributed by atoms with Crippen molar-refractivity contribution in [3.8, 4) is 5.75 Å². The minimum Gasteiger partial charge on any atom is -0.492 e. The Labute approximate surface area is 128 Å². The molecule has 0 fully saturated rings. The van der Waals surface area contributed by atoms with Gasteiger partial charge in [-0.3, -0.25) is 0 Å². The minimum atomic E-state index is -0.796. The Bertz CT molecular complexity index is 412. The molecule has 5 heteroatoms. The summed E-state index contributed by atoms with van der Waals surface area (Å²) in [5.74, 6) is 0.459. The first-order valence-corrected chi connectivity index (χ1v) is 7.54. The molecule has 0 aliphatic heterocycles. The smallest absolute Gasteiger partial charge is 0.128 e. The quantitative estimate of drug-likeness (QED) is 0.743. The molecule has 0 aromatic heterocycles. The molecular weight excluding hydrogens is 325 g/mol. The second-order valence-electron chi connectivity index (χ2n) is 5.78. The van der Waals surface area contributed by atoms with Gasteiger partial charge in [-0.05, 0) is 31.9 Å². The molecule has 1 aromatic carbocycles. The van der Waals surface area contributed by atoms with Gasteiger partial charge >= 0.3 is 0 Å². The van der Waals surface area contributed by atoms with Crippen LogP contribution in [0.5, 0.6) is 5.75 Å². The van der Waals surface area contributed by atoms with Gasteiger partial charge in [0.05, 0.1) is 5.60 Å². The molecule has 0 unspecified atom stereocenters. The number of hydrogen-bond acceptors (Lipinski definition) is 3. The molecular formula is C15H23BrFNO2. The summed E-state index contributed by atoms with van der Waals surface area (Å²) in [5.41, 5.74) is -0.796. The van der Waals surface area contributed by atoms with Gasteiger partial charge in [-0.1, -0.05) is 29.8 Å². The van der Waals surface area contributed by atoms with Crippen molar-refractivity contribution in [2.45, 2.75) is 39.3 Å². The summed E-state index contributed by atoms with van der Waals surface area (Å²) in [6, 6.07) is 4.43. The summed E-state index contributed by atoms with van der Waals surface area (Å²) in [6.45, 7) is 8.68. The lowest BCUT2D eigenvalue weighted by molar-refractivity contribution is 0.0191. The van der Waals surface area contributed by atoms with Gasteiger partial charge in [0.25, 0.3) is 0 Å². The molecule has 0 aliphatic rings. The Kier molecular flexibility index (Phi) is 6.43. The van der Waals surface area contributed by atoms with E-state index in [0.29, 0.717) is 29.3 Å². The molecule has 0 spiro atoms. The van der Waals surface area contributed by atoms with Gasteiger partial charge in [0, 0.05) is 23.1 Å². The van der Waals surface area contributed by atoms with Crippen LogP contribution in [0.1, 0.15) is 27.7 Å². The van der Waals surface area contributed by atoms with E-state index in [9.17, 15) is 9.50 Å². The van der Waals surface area contributed by atoms with E-state index in [1.165, 1.54) is 12.1 Å². The molecule has 114 valence electrons. The lowest BCUT2D eigenvalue weighted by Crippen LogP contribution is -2.51. The Hall–Kier alpha value is -0.650. The first kappa shape index (κ1) is 17.4. The van der Waals surface area contributed by atoms with E-state index < -0.39 is 5.60 Å². The van der Waals surface area contributed by atoms with Crippen LogP contribution in [0.25, 0.3) is 0 Å². The third kappa shape index (κ3) is 5.77. The first-order valence-electron chi connectivity index (χ1n) is 6.75. The Morgan fingerprint density at radius 1 is 1.35 bits per heavy atom. The van der Waals surface area contributed by atoms with E-state index in [1.807, 2.05) is 0 Å². The van der Waals surface area contributed by atoms with E-state index in [1.54, 1.807) is 19.9 Å². The third-order valence-electron chi connectivity index (χ3n) is 3.00. The number of rotatable bonds is 7. The zero-order chi connectivity index (χ0) is 15.3.